The van der Waals surface area contributed by atoms with E-state index in [-0.39, 0.29) is 29.8 Å². The maximum Gasteiger partial charge on any atom is 0.243 e. The zero-order valence-corrected chi connectivity index (χ0v) is 19.7. The quantitative estimate of drug-likeness (QED) is 0.695. The molecule has 33 heavy (non-hydrogen) atoms. The number of carbonyl (C=O) groups excluding carboxylic acids is 1. The first-order valence-corrected chi connectivity index (χ1v) is 13.0. The predicted octanol–water partition coefficient (Wildman–Crippen LogP) is 3.17. The fraction of sp³-hybridized carbons (Fsp3) is 0.500. The first kappa shape index (κ1) is 23.6. The molecular formula is C24H31FN4O3S. The molecule has 0 atom stereocenters. The Morgan fingerprint density at radius 1 is 1.03 bits per heavy atom. The molecule has 0 spiro atoms. The van der Waals surface area contributed by atoms with Gasteiger partial charge in [0.1, 0.15) is 11.6 Å². The minimum atomic E-state index is -3.68. The Labute approximate surface area is 195 Å². The van der Waals surface area contributed by atoms with Crippen molar-refractivity contribution >= 4 is 21.7 Å². The van der Waals surface area contributed by atoms with Crippen LogP contribution in [0.2, 0.25) is 0 Å². The largest absolute Gasteiger partial charge is 0.357 e. The van der Waals surface area contributed by atoms with Crippen LogP contribution in [-0.2, 0) is 21.4 Å². The van der Waals surface area contributed by atoms with Crippen molar-refractivity contribution in [3.8, 4) is 0 Å². The van der Waals surface area contributed by atoms with E-state index >= 15 is 0 Å². The Morgan fingerprint density at radius 3 is 2.30 bits per heavy atom. The van der Waals surface area contributed by atoms with Crippen molar-refractivity contribution < 1.29 is 17.6 Å². The molecule has 2 aromatic rings. The van der Waals surface area contributed by atoms with Gasteiger partial charge >= 0.3 is 0 Å². The monoisotopic (exact) mass is 474 g/mol. The summed E-state index contributed by atoms with van der Waals surface area (Å²) in [5.41, 5.74) is 0.939. The van der Waals surface area contributed by atoms with Crippen LogP contribution in [-0.4, -0.2) is 49.8 Å². The Bertz CT molecular complexity index is 1040. The number of sulfonamides is 1. The summed E-state index contributed by atoms with van der Waals surface area (Å²) in [4.78, 5) is 19.6. The average molecular weight is 475 g/mol. The second-order valence-electron chi connectivity index (χ2n) is 9.04. The van der Waals surface area contributed by atoms with E-state index in [9.17, 15) is 17.6 Å². The standard InChI is InChI=1S/C24H31FN4O3S/c1-18-8-12-28(13-9-18)23-7-2-19(16-26-23)17-27-24(30)20-10-14-29(15-11-20)33(31,32)22-5-3-21(25)4-6-22/h2-7,16,18,20H,8-15,17H2,1H3,(H,27,30). The average Bonchev–Trinajstić information content (AvgIpc) is 2.84. The molecule has 0 bridgehead atoms. The summed E-state index contributed by atoms with van der Waals surface area (Å²) in [6.07, 6.45) is 5.09. The van der Waals surface area contributed by atoms with E-state index in [1.807, 2.05) is 18.3 Å². The van der Waals surface area contributed by atoms with Crippen molar-refractivity contribution in [2.75, 3.05) is 31.1 Å². The molecule has 2 saturated heterocycles. The van der Waals surface area contributed by atoms with Crippen LogP contribution in [0.15, 0.2) is 47.5 Å². The van der Waals surface area contributed by atoms with Crippen molar-refractivity contribution in [2.45, 2.75) is 44.0 Å². The Balaban J connectivity index is 1.25. The van der Waals surface area contributed by atoms with Gasteiger partial charge in [-0.1, -0.05) is 13.0 Å². The third kappa shape index (κ3) is 5.70. The molecule has 1 N–H and O–H groups in total. The van der Waals surface area contributed by atoms with E-state index in [1.54, 1.807) is 0 Å². The number of carbonyl (C=O) groups is 1. The summed E-state index contributed by atoms with van der Waals surface area (Å²) in [5.74, 6) is 0.975. The van der Waals surface area contributed by atoms with E-state index in [0.29, 0.717) is 19.4 Å². The van der Waals surface area contributed by atoms with Crippen LogP contribution in [0.3, 0.4) is 0 Å². The van der Waals surface area contributed by atoms with Gasteiger partial charge < -0.3 is 10.2 Å². The molecule has 7 nitrogen and oxygen atoms in total. The van der Waals surface area contributed by atoms with Crippen molar-refractivity contribution in [3.05, 3.63) is 54.0 Å². The number of benzene rings is 1. The molecule has 0 aliphatic carbocycles. The summed E-state index contributed by atoms with van der Waals surface area (Å²) in [7, 11) is -3.68. The second kappa shape index (κ2) is 10.2. The molecule has 1 aromatic heterocycles. The number of nitrogens with zero attached hydrogens (tertiary/aromatic N) is 3. The molecule has 2 fully saturated rings. The molecule has 4 rings (SSSR count). The Kier molecular flexibility index (Phi) is 7.29. The van der Waals surface area contributed by atoms with Gasteiger partial charge in [0, 0.05) is 44.8 Å². The fourth-order valence-corrected chi connectivity index (χ4v) is 5.86. The molecule has 1 aromatic carbocycles. The molecule has 2 aliphatic rings. The SMILES string of the molecule is CC1CCN(c2ccc(CNC(=O)C3CCN(S(=O)(=O)c4ccc(F)cc4)CC3)cn2)CC1. The number of hydrogen-bond acceptors (Lipinski definition) is 5. The molecule has 178 valence electrons. The van der Waals surface area contributed by atoms with Crippen LogP contribution in [0.25, 0.3) is 0 Å². The lowest BCUT2D eigenvalue weighted by atomic mass is 9.97. The third-order valence-corrected chi connectivity index (χ3v) is 8.57. The van der Waals surface area contributed by atoms with Gasteiger partial charge in [-0.3, -0.25) is 4.79 Å². The molecule has 9 heteroatoms. The molecule has 0 radical (unpaired) electrons. The van der Waals surface area contributed by atoms with Crippen LogP contribution in [0.4, 0.5) is 10.2 Å². The van der Waals surface area contributed by atoms with Crippen LogP contribution in [0.5, 0.6) is 0 Å². The lowest BCUT2D eigenvalue weighted by Crippen LogP contribution is -2.42. The number of nitrogens with one attached hydrogen (secondary N) is 1. The van der Waals surface area contributed by atoms with E-state index in [1.165, 1.54) is 29.3 Å². The molecule has 3 heterocycles. The highest BCUT2D eigenvalue weighted by Crippen LogP contribution is 2.25. The third-order valence-electron chi connectivity index (χ3n) is 6.66. The number of pyridine rings is 1. The number of rotatable bonds is 6. The molecule has 0 saturated carbocycles. The minimum absolute atomic E-state index is 0.0667. The summed E-state index contributed by atoms with van der Waals surface area (Å²) in [6, 6.07) is 8.83. The summed E-state index contributed by atoms with van der Waals surface area (Å²) < 4.78 is 40.0. The summed E-state index contributed by atoms with van der Waals surface area (Å²) in [5, 5.41) is 2.96. The number of halogens is 1. The molecular weight excluding hydrogens is 443 g/mol. The first-order chi connectivity index (χ1) is 15.8. The zero-order chi connectivity index (χ0) is 23.4. The Hall–Kier alpha value is -2.52. The van der Waals surface area contributed by atoms with Gasteiger partial charge in [0.05, 0.1) is 4.90 Å². The number of hydrogen-bond donors (Lipinski definition) is 1. The number of amides is 1. The summed E-state index contributed by atoms with van der Waals surface area (Å²) >= 11 is 0. The van der Waals surface area contributed by atoms with E-state index < -0.39 is 15.8 Å². The van der Waals surface area contributed by atoms with Crippen LogP contribution in [0, 0.1) is 17.7 Å². The van der Waals surface area contributed by atoms with Gasteiger partial charge in [0.15, 0.2) is 0 Å². The number of piperidine rings is 2. The van der Waals surface area contributed by atoms with Crippen molar-refractivity contribution in [2.24, 2.45) is 11.8 Å². The second-order valence-corrected chi connectivity index (χ2v) is 11.0. The van der Waals surface area contributed by atoms with Gasteiger partial charge in [0.2, 0.25) is 15.9 Å². The fourth-order valence-electron chi connectivity index (χ4n) is 4.39. The molecule has 2 aliphatic heterocycles. The predicted molar refractivity (Wildman–Crippen MR) is 125 cm³/mol. The van der Waals surface area contributed by atoms with Gasteiger partial charge in [-0.2, -0.15) is 4.31 Å². The molecule has 0 unspecified atom stereocenters. The highest BCUT2D eigenvalue weighted by Gasteiger charge is 2.32. The first-order valence-electron chi connectivity index (χ1n) is 11.6. The zero-order valence-electron chi connectivity index (χ0n) is 18.9. The van der Waals surface area contributed by atoms with Gasteiger partial charge in [0.25, 0.3) is 0 Å². The van der Waals surface area contributed by atoms with E-state index in [2.05, 4.69) is 22.1 Å². The van der Waals surface area contributed by atoms with Crippen LogP contribution >= 0.6 is 0 Å². The van der Waals surface area contributed by atoms with E-state index in [4.69, 9.17) is 0 Å². The highest BCUT2D eigenvalue weighted by molar-refractivity contribution is 7.89. The van der Waals surface area contributed by atoms with Crippen LogP contribution in [0.1, 0.15) is 38.2 Å². The van der Waals surface area contributed by atoms with Crippen molar-refractivity contribution in [3.63, 3.8) is 0 Å². The van der Waals surface area contributed by atoms with Crippen molar-refractivity contribution in [1.29, 1.82) is 0 Å². The molecule has 1 amide bonds. The minimum Gasteiger partial charge on any atom is -0.357 e. The normalized spacial score (nSPS) is 18.9. The number of anilines is 1. The van der Waals surface area contributed by atoms with Crippen LogP contribution < -0.4 is 10.2 Å². The van der Waals surface area contributed by atoms with Gasteiger partial charge in [-0.25, -0.2) is 17.8 Å². The number of aromatic nitrogens is 1. The Morgan fingerprint density at radius 2 is 1.70 bits per heavy atom. The topological polar surface area (TPSA) is 82.6 Å². The highest BCUT2D eigenvalue weighted by atomic mass is 32.2. The lowest BCUT2D eigenvalue weighted by molar-refractivity contribution is -0.126. The maximum absolute atomic E-state index is 13.1. The summed E-state index contributed by atoms with van der Waals surface area (Å²) in [6.45, 7) is 5.27. The maximum atomic E-state index is 13.1. The van der Waals surface area contributed by atoms with Crippen molar-refractivity contribution in [1.82, 2.24) is 14.6 Å². The van der Waals surface area contributed by atoms with E-state index in [0.717, 1.165) is 42.5 Å². The van der Waals surface area contributed by atoms with Gasteiger partial charge in [-0.05, 0) is 67.5 Å². The smallest absolute Gasteiger partial charge is 0.243 e. The lowest BCUT2D eigenvalue weighted by Gasteiger charge is -2.31. The van der Waals surface area contributed by atoms with Gasteiger partial charge in [-0.15, -0.1) is 0 Å².